The van der Waals surface area contributed by atoms with E-state index in [1.165, 1.54) is 10.5 Å². The number of rotatable bonds is 6. The van der Waals surface area contributed by atoms with Crippen LogP contribution in [-0.2, 0) is 10.5 Å². The number of carbonyl (C=O) groups is 1. The van der Waals surface area contributed by atoms with Crippen LogP contribution < -0.4 is 5.32 Å². The van der Waals surface area contributed by atoms with Crippen LogP contribution in [0.15, 0.2) is 53.7 Å². The Morgan fingerprint density at radius 3 is 2.70 bits per heavy atom. The van der Waals surface area contributed by atoms with E-state index in [1.807, 2.05) is 43.5 Å². The second-order valence-corrected chi connectivity index (χ2v) is 5.52. The van der Waals surface area contributed by atoms with Crippen LogP contribution in [0, 0.1) is 0 Å². The second kappa shape index (κ2) is 7.70. The van der Waals surface area contributed by atoms with Crippen LogP contribution in [0.1, 0.15) is 25.3 Å². The lowest BCUT2D eigenvalue weighted by Gasteiger charge is -2.06. The Balaban J connectivity index is 1.87. The summed E-state index contributed by atoms with van der Waals surface area (Å²) in [6.45, 7) is 2.00. The molecule has 0 fully saturated rings. The first-order valence-electron chi connectivity index (χ1n) is 6.69. The van der Waals surface area contributed by atoms with Crippen LogP contribution in [0.2, 0.25) is 0 Å². The summed E-state index contributed by atoms with van der Waals surface area (Å²) in [4.78, 5) is 16.8. The van der Waals surface area contributed by atoms with E-state index in [0.717, 1.165) is 17.9 Å². The summed E-state index contributed by atoms with van der Waals surface area (Å²) in [5, 5.41) is 2.89. The number of pyridine rings is 1. The molecule has 0 aliphatic rings. The largest absolute Gasteiger partial charge is 0.326 e. The monoisotopic (exact) mass is 286 g/mol. The Kier molecular flexibility index (Phi) is 5.62. The zero-order chi connectivity index (χ0) is 14.2. The fraction of sp³-hybridized carbons (Fsp3) is 0.250. The van der Waals surface area contributed by atoms with E-state index in [2.05, 4.69) is 16.4 Å². The van der Waals surface area contributed by atoms with E-state index < -0.39 is 0 Å². The van der Waals surface area contributed by atoms with Gasteiger partial charge in [-0.25, -0.2) is 0 Å². The Bertz CT molecular complexity index is 540. The highest BCUT2D eigenvalue weighted by Gasteiger charge is 2.01. The van der Waals surface area contributed by atoms with Gasteiger partial charge in [0.1, 0.15) is 0 Å². The molecule has 4 heteroatoms. The highest BCUT2D eigenvalue weighted by atomic mass is 32.2. The van der Waals surface area contributed by atoms with Crippen molar-refractivity contribution >= 4 is 23.4 Å². The Labute approximate surface area is 123 Å². The van der Waals surface area contributed by atoms with Crippen molar-refractivity contribution < 1.29 is 4.79 Å². The van der Waals surface area contributed by atoms with E-state index in [-0.39, 0.29) is 5.91 Å². The molecule has 1 aromatic carbocycles. The molecule has 0 aliphatic heterocycles. The second-order valence-electron chi connectivity index (χ2n) is 4.47. The summed E-state index contributed by atoms with van der Waals surface area (Å²) in [6, 6.07) is 12.0. The van der Waals surface area contributed by atoms with E-state index >= 15 is 0 Å². The molecule has 0 spiro atoms. The fourth-order valence-corrected chi connectivity index (χ4v) is 2.57. The van der Waals surface area contributed by atoms with Crippen molar-refractivity contribution in [2.45, 2.75) is 30.4 Å². The SMILES string of the molecule is CCCC(=O)Nc1ccc(SCc2cccnc2)cc1. The highest BCUT2D eigenvalue weighted by molar-refractivity contribution is 7.98. The molecule has 0 saturated carbocycles. The molecule has 3 nitrogen and oxygen atoms in total. The smallest absolute Gasteiger partial charge is 0.224 e. The third-order valence-corrected chi connectivity index (χ3v) is 3.83. The van der Waals surface area contributed by atoms with E-state index in [4.69, 9.17) is 0 Å². The predicted molar refractivity (Wildman–Crippen MR) is 83.8 cm³/mol. The number of aromatic nitrogens is 1. The summed E-state index contributed by atoms with van der Waals surface area (Å²) in [6.07, 6.45) is 5.09. The quantitative estimate of drug-likeness (QED) is 0.812. The van der Waals surface area contributed by atoms with E-state index in [1.54, 1.807) is 18.0 Å². The number of anilines is 1. The van der Waals surface area contributed by atoms with Gasteiger partial charge in [-0.05, 0) is 42.3 Å². The molecule has 1 heterocycles. The number of nitrogens with one attached hydrogen (secondary N) is 1. The molecule has 20 heavy (non-hydrogen) atoms. The molecule has 0 aliphatic carbocycles. The van der Waals surface area contributed by atoms with Gasteiger partial charge in [-0.15, -0.1) is 11.8 Å². The molecular weight excluding hydrogens is 268 g/mol. The maximum absolute atomic E-state index is 11.5. The van der Waals surface area contributed by atoms with Crippen molar-refractivity contribution in [2.24, 2.45) is 0 Å². The first kappa shape index (κ1) is 14.6. The maximum atomic E-state index is 11.5. The molecule has 0 radical (unpaired) electrons. The van der Waals surface area contributed by atoms with Crippen LogP contribution in [0.25, 0.3) is 0 Å². The average molecular weight is 286 g/mol. The van der Waals surface area contributed by atoms with Crippen molar-refractivity contribution in [1.82, 2.24) is 4.98 Å². The minimum Gasteiger partial charge on any atom is -0.326 e. The molecular formula is C16H18N2OS. The van der Waals surface area contributed by atoms with Crippen molar-refractivity contribution in [3.63, 3.8) is 0 Å². The third-order valence-electron chi connectivity index (χ3n) is 2.74. The van der Waals surface area contributed by atoms with Gasteiger partial charge < -0.3 is 5.32 Å². The van der Waals surface area contributed by atoms with Gasteiger partial charge in [-0.2, -0.15) is 0 Å². The van der Waals surface area contributed by atoms with Gasteiger partial charge in [-0.1, -0.05) is 13.0 Å². The van der Waals surface area contributed by atoms with Gasteiger partial charge in [0.2, 0.25) is 5.91 Å². The van der Waals surface area contributed by atoms with Crippen LogP contribution in [-0.4, -0.2) is 10.9 Å². The Morgan fingerprint density at radius 1 is 1.25 bits per heavy atom. The van der Waals surface area contributed by atoms with Gasteiger partial charge in [0.25, 0.3) is 0 Å². The molecule has 1 aromatic heterocycles. The van der Waals surface area contributed by atoms with Crippen molar-refractivity contribution in [1.29, 1.82) is 0 Å². The highest BCUT2D eigenvalue weighted by Crippen LogP contribution is 2.23. The van der Waals surface area contributed by atoms with Crippen LogP contribution in [0.5, 0.6) is 0 Å². The fourth-order valence-electron chi connectivity index (χ4n) is 1.74. The first-order chi connectivity index (χ1) is 9.78. The van der Waals surface area contributed by atoms with Crippen LogP contribution in [0.3, 0.4) is 0 Å². The van der Waals surface area contributed by atoms with Gasteiger partial charge in [0, 0.05) is 35.2 Å². The number of amides is 1. The van der Waals surface area contributed by atoms with Crippen molar-refractivity contribution in [3.05, 3.63) is 54.4 Å². The molecule has 1 amide bonds. The Hall–Kier alpha value is -1.81. The number of hydrogen-bond donors (Lipinski definition) is 1. The summed E-state index contributed by atoms with van der Waals surface area (Å²) in [7, 11) is 0. The molecule has 1 N–H and O–H groups in total. The zero-order valence-electron chi connectivity index (χ0n) is 11.5. The average Bonchev–Trinajstić information content (AvgIpc) is 2.48. The van der Waals surface area contributed by atoms with Gasteiger partial charge in [0.15, 0.2) is 0 Å². The molecule has 0 bridgehead atoms. The minimum atomic E-state index is 0.0725. The zero-order valence-corrected chi connectivity index (χ0v) is 12.3. The van der Waals surface area contributed by atoms with E-state index in [0.29, 0.717) is 6.42 Å². The van der Waals surface area contributed by atoms with Gasteiger partial charge in [-0.3, -0.25) is 9.78 Å². The van der Waals surface area contributed by atoms with E-state index in [9.17, 15) is 4.79 Å². The lowest BCUT2D eigenvalue weighted by atomic mass is 10.3. The normalized spacial score (nSPS) is 10.2. The van der Waals surface area contributed by atoms with Gasteiger partial charge >= 0.3 is 0 Å². The predicted octanol–water partition coefficient (Wildman–Crippen LogP) is 4.11. The standard InChI is InChI=1S/C16H18N2OS/c1-2-4-16(19)18-14-6-8-15(9-7-14)20-12-13-5-3-10-17-11-13/h3,5-11H,2,4,12H2,1H3,(H,18,19). The Morgan fingerprint density at radius 2 is 2.05 bits per heavy atom. The van der Waals surface area contributed by atoms with Crippen molar-refractivity contribution in [2.75, 3.05) is 5.32 Å². The molecule has 0 unspecified atom stereocenters. The number of thioether (sulfide) groups is 1. The summed E-state index contributed by atoms with van der Waals surface area (Å²) < 4.78 is 0. The van der Waals surface area contributed by atoms with Crippen LogP contribution in [0.4, 0.5) is 5.69 Å². The summed E-state index contributed by atoms with van der Waals surface area (Å²) >= 11 is 1.76. The molecule has 2 aromatic rings. The number of benzene rings is 1. The molecule has 2 rings (SSSR count). The summed E-state index contributed by atoms with van der Waals surface area (Å²) in [5.74, 6) is 0.971. The van der Waals surface area contributed by atoms with Crippen molar-refractivity contribution in [3.8, 4) is 0 Å². The molecule has 0 atom stereocenters. The lowest BCUT2D eigenvalue weighted by molar-refractivity contribution is -0.116. The maximum Gasteiger partial charge on any atom is 0.224 e. The molecule has 0 saturated heterocycles. The van der Waals surface area contributed by atoms with Crippen LogP contribution >= 0.6 is 11.8 Å². The summed E-state index contributed by atoms with van der Waals surface area (Å²) in [5.41, 5.74) is 2.06. The number of carbonyl (C=O) groups excluding carboxylic acids is 1. The van der Waals surface area contributed by atoms with Gasteiger partial charge in [0.05, 0.1) is 0 Å². The lowest BCUT2D eigenvalue weighted by Crippen LogP contribution is -2.10. The minimum absolute atomic E-state index is 0.0725. The molecule has 104 valence electrons. The topological polar surface area (TPSA) is 42.0 Å². The third kappa shape index (κ3) is 4.70. The first-order valence-corrected chi connectivity index (χ1v) is 7.68. The number of hydrogen-bond acceptors (Lipinski definition) is 3. The number of nitrogens with zero attached hydrogens (tertiary/aromatic N) is 1.